The Morgan fingerprint density at radius 1 is 0.800 bits per heavy atom. The molecule has 4 unspecified atom stereocenters. The number of aliphatic imine (C=N–C) groups is 1. The van der Waals surface area contributed by atoms with Crippen molar-refractivity contribution >= 4 is 41.5 Å². The quantitative estimate of drug-likeness (QED) is 0.0504. The number of primary amides is 1. The van der Waals surface area contributed by atoms with Crippen LogP contribution in [0, 0.1) is 0 Å². The normalized spacial score (nSPS) is 13.9. The van der Waals surface area contributed by atoms with Gasteiger partial charge in [-0.3, -0.25) is 29.0 Å². The third-order valence-electron chi connectivity index (χ3n) is 4.41. The standard InChI is InChI=1S/C18H32N8O9/c19-8(6-12(20)28)14(31)24-10(3-4-13(29)30)16(33)25-9(2-1-5-23-18(21)22)15(32)26-11(7-27)17(34)35/h8-11,27H,1-7,19H2,(H2,20,28)(H,24,31)(H,25,33)(H,26,32)(H,29,30)(H,34,35)(H4,21,22,23). The number of carboxylic acid groups (broad SMARTS) is 2. The molecule has 0 rings (SSSR count). The highest BCUT2D eigenvalue weighted by atomic mass is 16.4. The van der Waals surface area contributed by atoms with Crippen LogP contribution >= 0.6 is 0 Å². The number of aliphatic carboxylic acids is 2. The van der Waals surface area contributed by atoms with Crippen molar-refractivity contribution in [1.29, 1.82) is 0 Å². The molecule has 0 aromatic heterocycles. The first-order valence-electron chi connectivity index (χ1n) is 10.3. The Hall–Kier alpha value is -3.99. The summed E-state index contributed by atoms with van der Waals surface area (Å²) in [5.74, 6) is -6.83. The molecular weight excluding hydrogens is 472 g/mol. The minimum atomic E-state index is -1.66. The molecule has 0 saturated heterocycles. The van der Waals surface area contributed by atoms with Gasteiger partial charge in [0.05, 0.1) is 19.1 Å². The SMILES string of the molecule is NC(=O)CC(N)C(=O)NC(CCC(=O)O)C(=O)NC(CCCN=C(N)N)C(=O)NC(CO)C(=O)O. The molecule has 4 atom stereocenters. The number of rotatable bonds is 17. The van der Waals surface area contributed by atoms with Crippen LogP contribution < -0.4 is 38.9 Å². The number of carbonyl (C=O) groups is 6. The summed E-state index contributed by atoms with van der Waals surface area (Å²) in [7, 11) is 0. The van der Waals surface area contributed by atoms with Gasteiger partial charge in [-0.2, -0.15) is 0 Å². The lowest BCUT2D eigenvalue weighted by Crippen LogP contribution is -2.57. The van der Waals surface area contributed by atoms with Crippen LogP contribution in [-0.2, 0) is 28.8 Å². The first kappa shape index (κ1) is 31.0. The number of hydrogen-bond donors (Lipinski definition) is 10. The van der Waals surface area contributed by atoms with E-state index < -0.39 is 85.6 Å². The van der Waals surface area contributed by atoms with Crippen molar-refractivity contribution in [3.05, 3.63) is 0 Å². The van der Waals surface area contributed by atoms with Gasteiger partial charge in [-0.25, -0.2) is 4.79 Å². The molecule has 14 N–H and O–H groups in total. The minimum absolute atomic E-state index is 0.0610. The summed E-state index contributed by atoms with van der Waals surface area (Å²) >= 11 is 0. The van der Waals surface area contributed by atoms with Gasteiger partial charge >= 0.3 is 11.9 Å². The van der Waals surface area contributed by atoms with E-state index in [9.17, 15) is 28.8 Å². The third-order valence-corrected chi connectivity index (χ3v) is 4.41. The molecule has 4 amide bonds. The minimum Gasteiger partial charge on any atom is -0.481 e. The van der Waals surface area contributed by atoms with E-state index >= 15 is 0 Å². The summed E-state index contributed by atoms with van der Waals surface area (Å²) in [5, 5.41) is 33.7. The fourth-order valence-corrected chi connectivity index (χ4v) is 2.63. The molecule has 35 heavy (non-hydrogen) atoms. The molecule has 0 saturated carbocycles. The number of amides is 4. The molecule has 0 spiro atoms. The molecule has 0 aliphatic carbocycles. The van der Waals surface area contributed by atoms with Gasteiger partial charge in [0.15, 0.2) is 5.96 Å². The second kappa shape index (κ2) is 15.8. The van der Waals surface area contributed by atoms with Crippen molar-refractivity contribution in [2.75, 3.05) is 13.2 Å². The number of guanidine groups is 1. The van der Waals surface area contributed by atoms with Gasteiger partial charge < -0.3 is 54.2 Å². The number of hydrogen-bond acceptors (Lipinski definition) is 9. The van der Waals surface area contributed by atoms with Gasteiger partial charge in [-0.15, -0.1) is 0 Å². The molecule has 0 aliphatic heterocycles. The molecular formula is C18H32N8O9. The van der Waals surface area contributed by atoms with Crippen LogP contribution in [0.1, 0.15) is 32.1 Å². The molecule has 17 heteroatoms. The average Bonchev–Trinajstić information content (AvgIpc) is 2.75. The van der Waals surface area contributed by atoms with Gasteiger partial charge in [0.25, 0.3) is 0 Å². The topological polar surface area (TPSA) is 316 Å². The summed E-state index contributed by atoms with van der Waals surface area (Å²) in [6.45, 7) is -0.865. The molecule has 0 aliphatic rings. The number of nitrogens with one attached hydrogen (secondary N) is 3. The van der Waals surface area contributed by atoms with Crippen molar-refractivity contribution < 1.29 is 44.1 Å². The Morgan fingerprint density at radius 2 is 1.31 bits per heavy atom. The van der Waals surface area contributed by atoms with Gasteiger partial charge in [0.2, 0.25) is 23.6 Å². The predicted octanol–water partition coefficient (Wildman–Crippen LogP) is -5.36. The van der Waals surface area contributed by atoms with E-state index in [0.29, 0.717) is 0 Å². The van der Waals surface area contributed by atoms with Crippen molar-refractivity contribution in [3.63, 3.8) is 0 Å². The van der Waals surface area contributed by atoms with Crippen LogP contribution in [0.4, 0.5) is 0 Å². The molecule has 198 valence electrons. The summed E-state index contributed by atoms with van der Waals surface area (Å²) in [6, 6.07) is -5.91. The highest BCUT2D eigenvalue weighted by Crippen LogP contribution is 2.05. The van der Waals surface area contributed by atoms with E-state index in [1.165, 1.54) is 0 Å². The summed E-state index contributed by atoms with van der Waals surface area (Å²) < 4.78 is 0. The second-order valence-electron chi connectivity index (χ2n) is 7.36. The lowest BCUT2D eigenvalue weighted by molar-refractivity contribution is -0.143. The Kier molecular flexibility index (Phi) is 14.0. The monoisotopic (exact) mass is 504 g/mol. The van der Waals surface area contributed by atoms with Crippen molar-refractivity contribution in [2.45, 2.75) is 56.3 Å². The fourth-order valence-electron chi connectivity index (χ4n) is 2.63. The average molecular weight is 505 g/mol. The van der Waals surface area contributed by atoms with Crippen LogP contribution in [0.25, 0.3) is 0 Å². The predicted molar refractivity (Wildman–Crippen MR) is 119 cm³/mol. The second-order valence-corrected chi connectivity index (χ2v) is 7.36. The molecule has 0 fully saturated rings. The fraction of sp³-hybridized carbons (Fsp3) is 0.611. The first-order valence-corrected chi connectivity index (χ1v) is 10.3. The maximum Gasteiger partial charge on any atom is 0.328 e. The molecule has 0 aromatic rings. The van der Waals surface area contributed by atoms with Crippen molar-refractivity contribution in [1.82, 2.24) is 16.0 Å². The summed E-state index contributed by atoms with van der Waals surface area (Å²) in [4.78, 5) is 74.4. The van der Waals surface area contributed by atoms with Crippen LogP contribution in [0.5, 0.6) is 0 Å². The third kappa shape index (κ3) is 13.3. The van der Waals surface area contributed by atoms with E-state index in [4.69, 9.17) is 38.3 Å². The smallest absolute Gasteiger partial charge is 0.328 e. The van der Waals surface area contributed by atoms with Gasteiger partial charge in [-0.1, -0.05) is 0 Å². The summed E-state index contributed by atoms with van der Waals surface area (Å²) in [6.07, 6.45) is -1.41. The number of carboxylic acids is 2. The maximum absolute atomic E-state index is 12.8. The molecule has 0 heterocycles. The lowest BCUT2D eigenvalue weighted by Gasteiger charge is -2.24. The Morgan fingerprint density at radius 3 is 1.77 bits per heavy atom. The van der Waals surface area contributed by atoms with Crippen LogP contribution in [-0.4, -0.2) is 94.2 Å². The number of nitrogens with two attached hydrogens (primary N) is 4. The van der Waals surface area contributed by atoms with Crippen LogP contribution in [0.2, 0.25) is 0 Å². The van der Waals surface area contributed by atoms with E-state index in [0.717, 1.165) is 0 Å². The number of aliphatic hydroxyl groups is 1. The Balaban J connectivity index is 5.60. The largest absolute Gasteiger partial charge is 0.481 e. The van der Waals surface area contributed by atoms with E-state index in [2.05, 4.69) is 15.6 Å². The summed E-state index contributed by atoms with van der Waals surface area (Å²) in [5.41, 5.74) is 21.0. The van der Waals surface area contributed by atoms with E-state index in [1.54, 1.807) is 0 Å². The maximum atomic E-state index is 12.8. The highest BCUT2D eigenvalue weighted by Gasteiger charge is 2.30. The van der Waals surface area contributed by atoms with E-state index in [-0.39, 0.29) is 25.3 Å². The zero-order chi connectivity index (χ0) is 27.1. The first-order chi connectivity index (χ1) is 16.3. The molecule has 0 radical (unpaired) electrons. The Bertz CT molecular complexity index is 816. The van der Waals surface area contributed by atoms with Crippen molar-refractivity contribution in [3.8, 4) is 0 Å². The lowest BCUT2D eigenvalue weighted by atomic mass is 10.1. The van der Waals surface area contributed by atoms with Crippen LogP contribution in [0.15, 0.2) is 4.99 Å². The molecule has 17 nitrogen and oxygen atoms in total. The number of aliphatic hydroxyl groups excluding tert-OH is 1. The van der Waals surface area contributed by atoms with Gasteiger partial charge in [-0.05, 0) is 19.3 Å². The van der Waals surface area contributed by atoms with Gasteiger partial charge in [0.1, 0.15) is 18.1 Å². The van der Waals surface area contributed by atoms with Crippen molar-refractivity contribution in [2.24, 2.45) is 27.9 Å². The zero-order valence-electron chi connectivity index (χ0n) is 18.8. The highest BCUT2D eigenvalue weighted by molar-refractivity contribution is 5.95. The van der Waals surface area contributed by atoms with E-state index in [1.807, 2.05) is 5.32 Å². The molecule has 0 bridgehead atoms. The van der Waals surface area contributed by atoms with Gasteiger partial charge in [0, 0.05) is 13.0 Å². The number of nitrogens with zero attached hydrogens (tertiary/aromatic N) is 1. The Labute approximate surface area is 199 Å². The molecule has 0 aromatic carbocycles. The van der Waals surface area contributed by atoms with Crippen LogP contribution in [0.3, 0.4) is 0 Å². The zero-order valence-corrected chi connectivity index (χ0v) is 18.8. The number of carbonyl (C=O) groups excluding carboxylic acids is 4.